The Labute approximate surface area is 118 Å². The van der Waals surface area contributed by atoms with Gasteiger partial charge in [-0.2, -0.15) is 0 Å². The van der Waals surface area contributed by atoms with Crippen LogP contribution >= 0.6 is 11.6 Å². The molecule has 0 unspecified atom stereocenters. The summed E-state index contributed by atoms with van der Waals surface area (Å²) >= 11 is 6.06. The molecule has 0 saturated heterocycles. The summed E-state index contributed by atoms with van der Waals surface area (Å²) in [5, 5.41) is 0.692. The summed E-state index contributed by atoms with van der Waals surface area (Å²) in [4.78, 5) is 4.20. The summed E-state index contributed by atoms with van der Waals surface area (Å²) in [7, 11) is 0. The van der Waals surface area contributed by atoms with Gasteiger partial charge in [-0.3, -0.25) is 4.98 Å². The second kappa shape index (κ2) is 6.55. The van der Waals surface area contributed by atoms with Crippen LogP contribution in [0.4, 0.5) is 0 Å². The van der Waals surface area contributed by atoms with E-state index >= 15 is 0 Å². The van der Waals surface area contributed by atoms with Crippen molar-refractivity contribution in [1.82, 2.24) is 4.98 Å². The van der Waals surface area contributed by atoms with Crippen molar-refractivity contribution in [3.05, 3.63) is 47.2 Å². The molecule has 0 bridgehead atoms. The molecule has 3 nitrogen and oxygen atoms in total. The first-order valence-corrected chi connectivity index (χ1v) is 6.69. The molecule has 0 aliphatic heterocycles. The van der Waals surface area contributed by atoms with Crippen molar-refractivity contribution < 1.29 is 4.74 Å². The number of ether oxygens (including phenoxy) is 1. The Kier molecular flexibility index (Phi) is 4.77. The summed E-state index contributed by atoms with van der Waals surface area (Å²) in [6.45, 7) is 3.19. The maximum Gasteiger partial charge on any atom is 0.138 e. The van der Waals surface area contributed by atoms with Gasteiger partial charge in [0.25, 0.3) is 0 Å². The number of aromatic nitrogens is 1. The lowest BCUT2D eigenvalue weighted by Crippen LogP contribution is -1.98. The second-order valence-corrected chi connectivity index (χ2v) is 4.68. The Bertz CT molecular complexity index is 558. The second-order valence-electron chi connectivity index (χ2n) is 4.27. The van der Waals surface area contributed by atoms with Gasteiger partial charge in [0, 0.05) is 23.3 Å². The molecular weight excluding hydrogens is 260 g/mol. The molecule has 4 heteroatoms. The summed E-state index contributed by atoms with van der Waals surface area (Å²) in [6.07, 6.45) is 4.50. The van der Waals surface area contributed by atoms with Gasteiger partial charge in [0.2, 0.25) is 0 Å². The van der Waals surface area contributed by atoms with Crippen molar-refractivity contribution in [2.45, 2.75) is 19.9 Å². The van der Waals surface area contributed by atoms with E-state index in [1.165, 1.54) is 0 Å². The molecule has 0 amide bonds. The fraction of sp³-hybridized carbons (Fsp3) is 0.267. The van der Waals surface area contributed by atoms with Crippen LogP contribution in [0.2, 0.25) is 5.02 Å². The van der Waals surface area contributed by atoms with Crippen molar-refractivity contribution in [2.75, 3.05) is 6.61 Å². The van der Waals surface area contributed by atoms with Crippen LogP contribution in [-0.2, 0) is 6.54 Å². The van der Waals surface area contributed by atoms with E-state index < -0.39 is 0 Å². The fourth-order valence-corrected chi connectivity index (χ4v) is 1.98. The first-order chi connectivity index (χ1) is 9.24. The Hall–Kier alpha value is -1.58. The zero-order chi connectivity index (χ0) is 13.7. The number of nitrogens with two attached hydrogens (primary N) is 1. The molecule has 19 heavy (non-hydrogen) atoms. The highest BCUT2D eigenvalue weighted by Gasteiger charge is 2.04. The predicted molar refractivity (Wildman–Crippen MR) is 78.4 cm³/mol. The molecule has 0 aliphatic rings. The molecule has 100 valence electrons. The lowest BCUT2D eigenvalue weighted by Gasteiger charge is -2.08. The van der Waals surface area contributed by atoms with E-state index in [0.717, 1.165) is 28.9 Å². The van der Waals surface area contributed by atoms with Crippen LogP contribution in [0, 0.1) is 0 Å². The van der Waals surface area contributed by atoms with Gasteiger partial charge < -0.3 is 10.5 Å². The number of nitrogens with zero attached hydrogens (tertiary/aromatic N) is 1. The molecule has 0 aliphatic carbocycles. The number of halogens is 1. The van der Waals surface area contributed by atoms with Crippen molar-refractivity contribution in [2.24, 2.45) is 5.73 Å². The van der Waals surface area contributed by atoms with E-state index in [4.69, 9.17) is 22.1 Å². The van der Waals surface area contributed by atoms with Gasteiger partial charge >= 0.3 is 0 Å². The average Bonchev–Trinajstić information content (AvgIpc) is 2.46. The molecule has 1 heterocycles. The summed E-state index contributed by atoms with van der Waals surface area (Å²) in [5.41, 5.74) is 8.64. The van der Waals surface area contributed by atoms with Gasteiger partial charge in [0.1, 0.15) is 5.75 Å². The van der Waals surface area contributed by atoms with E-state index in [0.29, 0.717) is 18.2 Å². The third-order valence-electron chi connectivity index (χ3n) is 2.78. The first kappa shape index (κ1) is 13.8. The molecule has 0 spiro atoms. The fourth-order valence-electron chi connectivity index (χ4n) is 1.79. The number of hydrogen-bond donors (Lipinski definition) is 1. The van der Waals surface area contributed by atoms with Gasteiger partial charge in [0.05, 0.1) is 12.8 Å². The van der Waals surface area contributed by atoms with Crippen LogP contribution in [0.1, 0.15) is 18.9 Å². The third kappa shape index (κ3) is 3.46. The van der Waals surface area contributed by atoms with Crippen LogP contribution in [-0.4, -0.2) is 11.6 Å². The van der Waals surface area contributed by atoms with Crippen LogP contribution in [0.25, 0.3) is 11.1 Å². The molecule has 0 atom stereocenters. The van der Waals surface area contributed by atoms with Gasteiger partial charge in [-0.05, 0) is 35.7 Å². The Morgan fingerprint density at radius 3 is 2.79 bits per heavy atom. The van der Waals surface area contributed by atoms with Crippen molar-refractivity contribution in [3.8, 4) is 16.9 Å². The lowest BCUT2D eigenvalue weighted by molar-refractivity contribution is 0.316. The standard InChI is InChI=1S/C15H17ClN2O/c1-2-5-19-14-7-13(9-18-10-14)11-3-4-15(16)12(6-11)8-17/h3-4,6-7,9-10H,2,5,8,17H2,1H3. The molecule has 0 saturated carbocycles. The van der Waals surface area contributed by atoms with Crippen molar-refractivity contribution in [1.29, 1.82) is 0 Å². The van der Waals surface area contributed by atoms with E-state index in [9.17, 15) is 0 Å². The smallest absolute Gasteiger partial charge is 0.138 e. The minimum absolute atomic E-state index is 0.423. The average molecular weight is 277 g/mol. The summed E-state index contributed by atoms with van der Waals surface area (Å²) < 4.78 is 5.58. The predicted octanol–water partition coefficient (Wildman–Crippen LogP) is 3.65. The van der Waals surface area contributed by atoms with Gasteiger partial charge in [-0.1, -0.05) is 24.6 Å². The highest BCUT2D eigenvalue weighted by atomic mass is 35.5. The minimum Gasteiger partial charge on any atom is -0.492 e. The topological polar surface area (TPSA) is 48.1 Å². The van der Waals surface area contributed by atoms with Crippen LogP contribution in [0.15, 0.2) is 36.7 Å². The van der Waals surface area contributed by atoms with Crippen LogP contribution in [0.3, 0.4) is 0 Å². The highest BCUT2D eigenvalue weighted by molar-refractivity contribution is 6.31. The molecule has 2 rings (SSSR count). The zero-order valence-electron chi connectivity index (χ0n) is 10.9. The molecule has 0 fully saturated rings. The van der Waals surface area contributed by atoms with Crippen molar-refractivity contribution in [3.63, 3.8) is 0 Å². The monoisotopic (exact) mass is 276 g/mol. The number of rotatable bonds is 5. The van der Waals surface area contributed by atoms with E-state index in [1.807, 2.05) is 30.5 Å². The summed E-state index contributed by atoms with van der Waals surface area (Å²) in [6, 6.07) is 7.79. The third-order valence-corrected chi connectivity index (χ3v) is 3.15. The normalized spacial score (nSPS) is 10.5. The number of pyridine rings is 1. The molecule has 1 aromatic heterocycles. The zero-order valence-corrected chi connectivity index (χ0v) is 11.7. The van der Waals surface area contributed by atoms with Crippen LogP contribution in [0.5, 0.6) is 5.75 Å². The molecule has 0 radical (unpaired) electrons. The van der Waals surface area contributed by atoms with Gasteiger partial charge in [0.15, 0.2) is 0 Å². The number of benzene rings is 1. The molecule has 2 aromatic rings. The van der Waals surface area contributed by atoms with Crippen LogP contribution < -0.4 is 10.5 Å². The Balaban J connectivity index is 2.30. The Morgan fingerprint density at radius 1 is 1.21 bits per heavy atom. The first-order valence-electron chi connectivity index (χ1n) is 6.31. The van der Waals surface area contributed by atoms with E-state index in [-0.39, 0.29) is 0 Å². The molecular formula is C15H17ClN2O. The quantitative estimate of drug-likeness (QED) is 0.907. The minimum atomic E-state index is 0.423. The number of hydrogen-bond acceptors (Lipinski definition) is 3. The highest BCUT2D eigenvalue weighted by Crippen LogP contribution is 2.26. The van der Waals surface area contributed by atoms with E-state index in [2.05, 4.69) is 11.9 Å². The van der Waals surface area contributed by atoms with Crippen molar-refractivity contribution >= 4 is 11.6 Å². The maximum absolute atomic E-state index is 6.06. The Morgan fingerprint density at radius 2 is 2.05 bits per heavy atom. The lowest BCUT2D eigenvalue weighted by atomic mass is 10.0. The SMILES string of the molecule is CCCOc1cncc(-c2ccc(Cl)c(CN)c2)c1. The largest absolute Gasteiger partial charge is 0.492 e. The van der Waals surface area contributed by atoms with E-state index in [1.54, 1.807) is 6.20 Å². The van der Waals surface area contributed by atoms with Gasteiger partial charge in [-0.15, -0.1) is 0 Å². The maximum atomic E-state index is 6.06. The van der Waals surface area contributed by atoms with Gasteiger partial charge in [-0.25, -0.2) is 0 Å². The summed E-state index contributed by atoms with van der Waals surface area (Å²) in [5.74, 6) is 0.781. The molecule has 1 aromatic carbocycles. The molecule has 2 N–H and O–H groups in total.